The first kappa shape index (κ1) is 41.1. The van der Waals surface area contributed by atoms with Crippen LogP contribution >= 0.6 is 0 Å². The Balaban J connectivity index is 1.19. The Hall–Kier alpha value is -6.10. The van der Waals surface area contributed by atoms with E-state index in [0.717, 1.165) is 23.3 Å². The zero-order valence-electron chi connectivity index (χ0n) is 32.0. The molecule has 1 aliphatic carbocycles. The number of amides is 1. The highest BCUT2D eigenvalue weighted by Gasteiger charge is 2.76. The maximum Gasteiger partial charge on any atom is 0.343 e. The Kier molecular flexibility index (Phi) is 11.3. The molecule has 0 aromatic heterocycles. The number of carbonyl (C=O) groups excluding carboxylic acids is 2. The predicted octanol–water partition coefficient (Wildman–Crippen LogP) is 2.93. The van der Waals surface area contributed by atoms with Crippen molar-refractivity contribution in [3.63, 3.8) is 0 Å². The summed E-state index contributed by atoms with van der Waals surface area (Å²) in [7, 11) is 0. The Morgan fingerprint density at radius 2 is 1.83 bits per heavy atom. The summed E-state index contributed by atoms with van der Waals surface area (Å²) in [5.74, 6) is -4.59. The van der Waals surface area contributed by atoms with E-state index in [2.05, 4.69) is 23.3 Å². The number of phenolic OH excluding ortho intramolecular Hbond substituents is 1. The lowest BCUT2D eigenvalue weighted by atomic mass is 9.64. The second kappa shape index (κ2) is 16.3. The zero-order valence-corrected chi connectivity index (χ0v) is 32.0. The first-order valence-electron chi connectivity index (χ1n) is 19.1. The second-order valence-corrected chi connectivity index (χ2v) is 15.2. The lowest BCUT2D eigenvalue weighted by Crippen LogP contribution is -2.85. The van der Waals surface area contributed by atoms with Crippen LogP contribution in [0.4, 0.5) is 0 Å². The number of aliphatic carboxylic acids is 1. The number of nitrogens with zero attached hydrogens (tertiary/aromatic N) is 1. The standard InChI is InChI=1S/C44H45N3O12/c1-25(6-5-9-26-7-3-2-4-8-26)29(20-27-17-19-46-22-27)23-47-24-43(55)41(59-42(40(53)54)18-16-34(49)44(43,56)39(42)52)57-31-14-15-32-33(21-31)58-37(38(45)51)35(36(32)50)28-10-12-30(48)13-11-28/h2-5,7-18,21-22,25,29,37,39,41,47-48,50,52,55-56H,6,19-20,23-24H2,1H3,(H2,45,51)(H,53,54). The molecule has 1 fully saturated rings. The maximum atomic E-state index is 13.6. The molecule has 15 nitrogen and oxygen atoms in total. The van der Waals surface area contributed by atoms with Crippen LogP contribution in [0.3, 0.4) is 0 Å². The summed E-state index contributed by atoms with van der Waals surface area (Å²) >= 11 is 0. The van der Waals surface area contributed by atoms with Crippen LogP contribution in [0.1, 0.15) is 36.5 Å². The summed E-state index contributed by atoms with van der Waals surface area (Å²) in [6, 6.07) is 19.4. The van der Waals surface area contributed by atoms with Gasteiger partial charge in [-0.05, 0) is 84.3 Å². The van der Waals surface area contributed by atoms with Crippen molar-refractivity contribution in [2.45, 2.75) is 55.1 Å². The molecule has 4 aliphatic rings. The quantitative estimate of drug-likeness (QED) is 0.110. The molecule has 3 aromatic rings. The van der Waals surface area contributed by atoms with E-state index in [4.69, 9.17) is 19.9 Å². The number of ketones is 1. The number of carboxylic acid groups (broad SMARTS) is 1. The minimum absolute atomic E-state index is 0.0313. The van der Waals surface area contributed by atoms with Crippen molar-refractivity contribution in [3.8, 4) is 17.2 Å². The number of aliphatic imine (C=N–C) groups is 1. The smallest absolute Gasteiger partial charge is 0.343 e. The molecule has 1 saturated heterocycles. The van der Waals surface area contributed by atoms with E-state index in [1.807, 2.05) is 42.5 Å². The summed E-state index contributed by atoms with van der Waals surface area (Å²) in [6.07, 6.45) is 4.66. The highest BCUT2D eigenvalue weighted by Crippen LogP contribution is 2.48. The summed E-state index contributed by atoms with van der Waals surface area (Å²) in [4.78, 5) is 43.2. The van der Waals surface area contributed by atoms with Gasteiger partial charge in [0.1, 0.15) is 29.1 Å². The number of primary amides is 1. The Morgan fingerprint density at radius 3 is 2.51 bits per heavy atom. The number of ether oxygens (including phenoxy) is 3. The normalized spacial score (nSPS) is 28.2. The van der Waals surface area contributed by atoms with E-state index in [0.29, 0.717) is 24.9 Å². The van der Waals surface area contributed by atoms with E-state index in [-0.39, 0.29) is 52.5 Å². The van der Waals surface area contributed by atoms with Crippen molar-refractivity contribution < 1.29 is 59.2 Å². The van der Waals surface area contributed by atoms with E-state index < -0.39 is 59.5 Å². The van der Waals surface area contributed by atoms with Gasteiger partial charge in [0.15, 0.2) is 17.0 Å². The van der Waals surface area contributed by atoms with Gasteiger partial charge in [0.2, 0.25) is 18.0 Å². The number of hydrogen-bond donors (Lipinski definition) is 8. The molecule has 3 aromatic carbocycles. The van der Waals surface area contributed by atoms with Crippen molar-refractivity contribution >= 4 is 41.3 Å². The van der Waals surface area contributed by atoms with Crippen molar-refractivity contribution in [2.24, 2.45) is 22.6 Å². The maximum absolute atomic E-state index is 13.6. The van der Waals surface area contributed by atoms with Crippen LogP contribution in [-0.2, 0) is 19.1 Å². The van der Waals surface area contributed by atoms with Gasteiger partial charge in [0, 0.05) is 18.8 Å². The van der Waals surface area contributed by atoms with Gasteiger partial charge in [-0.25, -0.2) is 4.79 Å². The number of phenols is 1. The Labute approximate surface area is 339 Å². The van der Waals surface area contributed by atoms with Crippen molar-refractivity contribution in [3.05, 3.63) is 119 Å². The molecule has 2 bridgehead atoms. The van der Waals surface area contributed by atoms with Crippen molar-refractivity contribution in [2.75, 3.05) is 19.6 Å². The number of aromatic hydroxyl groups is 1. The molecule has 1 amide bonds. The zero-order chi connectivity index (χ0) is 42.1. The molecule has 3 heterocycles. The number of carbonyl (C=O) groups is 3. The molecular weight excluding hydrogens is 762 g/mol. The van der Waals surface area contributed by atoms with Crippen molar-refractivity contribution in [1.82, 2.24) is 5.32 Å². The van der Waals surface area contributed by atoms with Gasteiger partial charge >= 0.3 is 5.97 Å². The fourth-order valence-corrected chi connectivity index (χ4v) is 7.96. The topological polar surface area (TPSA) is 251 Å². The van der Waals surface area contributed by atoms with Crippen LogP contribution in [0, 0.1) is 11.8 Å². The van der Waals surface area contributed by atoms with E-state index in [1.54, 1.807) is 6.21 Å². The molecule has 0 radical (unpaired) electrons. The van der Waals surface area contributed by atoms with Gasteiger partial charge in [-0.15, -0.1) is 0 Å². The van der Waals surface area contributed by atoms with Crippen LogP contribution in [0.5, 0.6) is 17.2 Å². The first-order valence-corrected chi connectivity index (χ1v) is 19.1. The lowest BCUT2D eigenvalue weighted by Gasteiger charge is -2.57. The van der Waals surface area contributed by atoms with Crippen LogP contribution in [0.15, 0.2) is 108 Å². The minimum atomic E-state index is -3.15. The summed E-state index contributed by atoms with van der Waals surface area (Å²) in [6.45, 7) is 2.25. The van der Waals surface area contributed by atoms with Gasteiger partial charge < -0.3 is 55.9 Å². The summed E-state index contributed by atoms with van der Waals surface area (Å²) in [5, 5.41) is 70.6. The fraction of sp³-hybridized carbons (Fsp3) is 0.318. The van der Waals surface area contributed by atoms with E-state index in [9.17, 15) is 45.0 Å². The van der Waals surface area contributed by atoms with Crippen LogP contribution in [-0.4, -0.2) is 109 Å². The molecule has 7 rings (SSSR count). The number of nitrogens with one attached hydrogen (secondary N) is 1. The average Bonchev–Trinajstić information content (AvgIpc) is 3.73. The molecule has 8 atom stereocenters. The van der Waals surface area contributed by atoms with Gasteiger partial charge in [-0.1, -0.05) is 67.6 Å². The minimum Gasteiger partial charge on any atom is -0.508 e. The molecule has 59 heavy (non-hydrogen) atoms. The average molecular weight is 808 g/mol. The predicted molar refractivity (Wildman–Crippen MR) is 215 cm³/mol. The number of nitrogens with two attached hydrogens (primary N) is 1. The monoisotopic (exact) mass is 807 g/mol. The molecule has 308 valence electrons. The number of rotatable bonds is 15. The largest absolute Gasteiger partial charge is 0.508 e. The molecule has 9 N–H and O–H groups in total. The number of fused-ring (bicyclic) bond motifs is 3. The third-order valence-electron chi connectivity index (χ3n) is 11.4. The Bertz CT molecular complexity index is 2270. The number of allylic oxidation sites excluding steroid dienone is 2. The third kappa shape index (κ3) is 7.54. The molecular formula is C44H45N3O12. The molecule has 0 spiro atoms. The van der Waals surface area contributed by atoms with Gasteiger partial charge in [0.25, 0.3) is 5.91 Å². The van der Waals surface area contributed by atoms with E-state index in [1.165, 1.54) is 42.5 Å². The highest BCUT2D eigenvalue weighted by molar-refractivity contribution is 6.04. The SMILES string of the molecule is CC(CC=Cc1ccccc1)C(CNCC1(O)C(Oc2ccc3c(c2)OC(C(N)=O)C(c2ccc(O)cc2)=C3O)OC2(C(=O)O)C=CC(=O)C1(O)C2O)CC1=CCN=C1. The third-order valence-corrected chi connectivity index (χ3v) is 11.4. The van der Waals surface area contributed by atoms with Gasteiger partial charge in [-0.2, -0.15) is 0 Å². The second-order valence-electron chi connectivity index (χ2n) is 15.2. The fourth-order valence-electron chi connectivity index (χ4n) is 7.96. The van der Waals surface area contributed by atoms with Gasteiger partial charge in [0.05, 0.1) is 17.7 Å². The first-order chi connectivity index (χ1) is 28.2. The number of carboxylic acids is 1. The summed E-state index contributed by atoms with van der Waals surface area (Å²) in [5.41, 5.74) is -0.491. The Morgan fingerprint density at radius 1 is 1.08 bits per heavy atom. The number of hydrogen-bond acceptors (Lipinski definition) is 13. The highest BCUT2D eigenvalue weighted by atomic mass is 16.7. The van der Waals surface area contributed by atoms with E-state index >= 15 is 0 Å². The number of benzene rings is 3. The number of aliphatic hydroxyl groups excluding tert-OH is 2. The molecule has 3 aliphatic heterocycles. The van der Waals surface area contributed by atoms with Crippen molar-refractivity contribution in [1.29, 1.82) is 0 Å². The summed E-state index contributed by atoms with van der Waals surface area (Å²) < 4.78 is 17.9. The lowest BCUT2D eigenvalue weighted by molar-refractivity contribution is -0.355. The van der Waals surface area contributed by atoms with Crippen LogP contribution < -0.4 is 20.5 Å². The number of aliphatic hydroxyl groups is 4. The molecule has 15 heteroatoms. The van der Waals surface area contributed by atoms with Crippen LogP contribution in [0.25, 0.3) is 17.4 Å². The molecule has 0 saturated carbocycles. The van der Waals surface area contributed by atoms with Gasteiger partial charge in [-0.3, -0.25) is 14.6 Å². The van der Waals surface area contributed by atoms with Crippen LogP contribution in [0.2, 0.25) is 0 Å². The molecule has 8 unspecified atom stereocenters.